The Hall–Kier alpha value is -2.47. The van der Waals surface area contributed by atoms with Crippen molar-refractivity contribution in [1.29, 1.82) is 5.26 Å². The number of ether oxygens (including phenoxy) is 1. The predicted octanol–water partition coefficient (Wildman–Crippen LogP) is 2.95. The fourth-order valence-electron chi connectivity index (χ4n) is 1.68. The molecule has 0 fully saturated rings. The zero-order chi connectivity index (χ0) is 12.8. The van der Waals surface area contributed by atoms with E-state index in [1.807, 2.05) is 42.5 Å². The van der Waals surface area contributed by atoms with E-state index in [0.29, 0.717) is 18.0 Å². The molecule has 0 radical (unpaired) electrons. The quantitative estimate of drug-likeness (QED) is 0.833. The lowest BCUT2D eigenvalue weighted by atomic mass is 10.0. The highest BCUT2D eigenvalue weighted by Gasteiger charge is 2.10. The monoisotopic (exact) mass is 238 g/mol. The Morgan fingerprint density at radius 2 is 1.89 bits per heavy atom. The van der Waals surface area contributed by atoms with Crippen LogP contribution in [0.1, 0.15) is 11.5 Å². The molecule has 0 aliphatic heterocycles. The van der Waals surface area contributed by atoms with Crippen molar-refractivity contribution in [2.45, 2.75) is 5.92 Å². The smallest absolute Gasteiger partial charge is 0.121 e. The number of rotatable bonds is 4. The SMILES string of the molecule is N#CC(COc1cccc(N)c1)c1ccccc1. The molecule has 2 N–H and O–H groups in total. The summed E-state index contributed by atoms with van der Waals surface area (Å²) < 4.78 is 5.59. The van der Waals surface area contributed by atoms with Crippen molar-refractivity contribution < 1.29 is 4.74 Å². The van der Waals surface area contributed by atoms with Gasteiger partial charge in [-0.1, -0.05) is 36.4 Å². The molecule has 2 aromatic carbocycles. The van der Waals surface area contributed by atoms with E-state index in [9.17, 15) is 0 Å². The van der Waals surface area contributed by atoms with Gasteiger partial charge in [-0.3, -0.25) is 0 Å². The summed E-state index contributed by atoms with van der Waals surface area (Å²) in [7, 11) is 0. The van der Waals surface area contributed by atoms with Crippen LogP contribution in [-0.4, -0.2) is 6.61 Å². The van der Waals surface area contributed by atoms with Crippen LogP contribution in [0.4, 0.5) is 5.69 Å². The summed E-state index contributed by atoms with van der Waals surface area (Å²) in [4.78, 5) is 0. The predicted molar refractivity (Wildman–Crippen MR) is 71.1 cm³/mol. The van der Waals surface area contributed by atoms with Gasteiger partial charge in [-0.2, -0.15) is 5.26 Å². The molecule has 18 heavy (non-hydrogen) atoms. The standard InChI is InChI=1S/C15H14N2O/c16-10-13(12-5-2-1-3-6-12)11-18-15-8-4-7-14(17)9-15/h1-9,13H,11,17H2. The third kappa shape index (κ3) is 3.02. The summed E-state index contributed by atoms with van der Waals surface area (Å²) in [5.74, 6) is 0.416. The van der Waals surface area contributed by atoms with Gasteiger partial charge in [0.25, 0.3) is 0 Å². The molecule has 90 valence electrons. The Labute approximate surface area is 106 Å². The first kappa shape index (κ1) is 12.0. The van der Waals surface area contributed by atoms with Crippen LogP contribution < -0.4 is 10.5 Å². The number of nitrogens with two attached hydrogens (primary N) is 1. The molecular formula is C15H14N2O. The van der Waals surface area contributed by atoms with Gasteiger partial charge in [0.15, 0.2) is 0 Å². The van der Waals surface area contributed by atoms with Crippen molar-refractivity contribution in [2.75, 3.05) is 12.3 Å². The number of nitrogens with zero attached hydrogens (tertiary/aromatic N) is 1. The van der Waals surface area contributed by atoms with Gasteiger partial charge in [-0.05, 0) is 17.7 Å². The number of benzene rings is 2. The minimum atomic E-state index is -0.271. The van der Waals surface area contributed by atoms with E-state index in [0.717, 1.165) is 5.56 Å². The minimum absolute atomic E-state index is 0.271. The Morgan fingerprint density at radius 1 is 1.11 bits per heavy atom. The highest BCUT2D eigenvalue weighted by Crippen LogP contribution is 2.19. The highest BCUT2D eigenvalue weighted by molar-refractivity contribution is 5.43. The molecule has 3 heteroatoms. The molecule has 1 unspecified atom stereocenters. The van der Waals surface area contributed by atoms with E-state index in [1.54, 1.807) is 12.1 Å². The fourth-order valence-corrected chi connectivity index (χ4v) is 1.68. The van der Waals surface area contributed by atoms with Crippen molar-refractivity contribution in [1.82, 2.24) is 0 Å². The molecular weight excluding hydrogens is 224 g/mol. The average Bonchev–Trinajstić information content (AvgIpc) is 2.41. The number of anilines is 1. The Balaban J connectivity index is 2.03. The lowest BCUT2D eigenvalue weighted by Gasteiger charge is -2.11. The van der Waals surface area contributed by atoms with Crippen LogP contribution in [0.3, 0.4) is 0 Å². The van der Waals surface area contributed by atoms with Gasteiger partial charge in [0.1, 0.15) is 18.3 Å². The van der Waals surface area contributed by atoms with E-state index in [-0.39, 0.29) is 5.92 Å². The molecule has 0 bridgehead atoms. The summed E-state index contributed by atoms with van der Waals surface area (Å²) in [6.45, 7) is 0.323. The summed E-state index contributed by atoms with van der Waals surface area (Å²) in [5, 5.41) is 9.16. The average molecular weight is 238 g/mol. The topological polar surface area (TPSA) is 59.0 Å². The van der Waals surface area contributed by atoms with Gasteiger partial charge in [0, 0.05) is 11.8 Å². The minimum Gasteiger partial charge on any atom is -0.492 e. The third-order valence-electron chi connectivity index (χ3n) is 2.63. The van der Waals surface area contributed by atoms with Crippen molar-refractivity contribution in [3.8, 4) is 11.8 Å². The van der Waals surface area contributed by atoms with Crippen LogP contribution in [0.2, 0.25) is 0 Å². The van der Waals surface area contributed by atoms with E-state index in [2.05, 4.69) is 6.07 Å². The maximum absolute atomic E-state index is 9.16. The zero-order valence-electron chi connectivity index (χ0n) is 9.91. The summed E-state index contributed by atoms with van der Waals surface area (Å²) in [6.07, 6.45) is 0. The second-order valence-electron chi connectivity index (χ2n) is 3.98. The zero-order valence-corrected chi connectivity index (χ0v) is 9.91. The summed E-state index contributed by atoms with van der Waals surface area (Å²) >= 11 is 0. The molecule has 0 aromatic heterocycles. The second kappa shape index (κ2) is 5.74. The maximum Gasteiger partial charge on any atom is 0.121 e. The van der Waals surface area contributed by atoms with Gasteiger partial charge in [0.2, 0.25) is 0 Å². The first-order valence-electron chi connectivity index (χ1n) is 5.72. The third-order valence-corrected chi connectivity index (χ3v) is 2.63. The molecule has 0 spiro atoms. The molecule has 1 atom stereocenters. The molecule has 3 nitrogen and oxygen atoms in total. The fraction of sp³-hybridized carbons (Fsp3) is 0.133. The van der Waals surface area contributed by atoms with Crippen molar-refractivity contribution in [3.05, 3.63) is 60.2 Å². The van der Waals surface area contributed by atoms with Crippen LogP contribution in [0.25, 0.3) is 0 Å². The Bertz CT molecular complexity index is 546. The molecule has 2 aromatic rings. The van der Waals surface area contributed by atoms with Gasteiger partial charge in [-0.15, -0.1) is 0 Å². The van der Waals surface area contributed by atoms with E-state index >= 15 is 0 Å². The molecule has 0 saturated heterocycles. The van der Waals surface area contributed by atoms with E-state index < -0.39 is 0 Å². The molecule has 0 amide bonds. The Morgan fingerprint density at radius 3 is 2.56 bits per heavy atom. The summed E-state index contributed by atoms with van der Waals surface area (Å²) in [5.41, 5.74) is 7.28. The van der Waals surface area contributed by atoms with E-state index in [1.165, 1.54) is 0 Å². The molecule has 2 rings (SSSR count). The summed E-state index contributed by atoms with van der Waals surface area (Å²) in [6, 6.07) is 19.1. The van der Waals surface area contributed by atoms with Gasteiger partial charge >= 0.3 is 0 Å². The largest absolute Gasteiger partial charge is 0.492 e. The normalized spacial score (nSPS) is 11.5. The van der Waals surface area contributed by atoms with Gasteiger partial charge < -0.3 is 10.5 Å². The maximum atomic E-state index is 9.16. The van der Waals surface area contributed by atoms with Crippen LogP contribution in [0, 0.1) is 11.3 Å². The second-order valence-corrected chi connectivity index (χ2v) is 3.98. The van der Waals surface area contributed by atoms with Crippen LogP contribution in [0.5, 0.6) is 5.75 Å². The van der Waals surface area contributed by atoms with Crippen molar-refractivity contribution in [2.24, 2.45) is 0 Å². The molecule has 0 saturated carbocycles. The number of hydrogen-bond acceptors (Lipinski definition) is 3. The van der Waals surface area contributed by atoms with Gasteiger partial charge in [-0.25, -0.2) is 0 Å². The Kier molecular flexibility index (Phi) is 3.83. The van der Waals surface area contributed by atoms with E-state index in [4.69, 9.17) is 15.7 Å². The van der Waals surface area contributed by atoms with Crippen molar-refractivity contribution in [3.63, 3.8) is 0 Å². The molecule has 0 heterocycles. The molecule has 0 aliphatic carbocycles. The van der Waals surface area contributed by atoms with Crippen LogP contribution in [-0.2, 0) is 0 Å². The number of hydrogen-bond donors (Lipinski definition) is 1. The lowest BCUT2D eigenvalue weighted by molar-refractivity contribution is 0.308. The number of nitrogen functional groups attached to an aromatic ring is 1. The molecule has 0 aliphatic rings. The first-order chi connectivity index (χ1) is 8.79. The van der Waals surface area contributed by atoms with Crippen LogP contribution in [0.15, 0.2) is 54.6 Å². The number of nitriles is 1. The van der Waals surface area contributed by atoms with Crippen molar-refractivity contribution >= 4 is 5.69 Å². The highest BCUT2D eigenvalue weighted by atomic mass is 16.5. The van der Waals surface area contributed by atoms with Gasteiger partial charge in [0.05, 0.1) is 6.07 Å². The lowest BCUT2D eigenvalue weighted by Crippen LogP contribution is -2.08. The van der Waals surface area contributed by atoms with Crippen LogP contribution >= 0.6 is 0 Å². The first-order valence-corrected chi connectivity index (χ1v) is 5.72.